The number of hydrogen-bond acceptors (Lipinski definition) is 6. The van der Waals surface area contributed by atoms with Crippen LogP contribution >= 0.6 is 11.8 Å². The zero-order valence-electron chi connectivity index (χ0n) is 10.5. The lowest BCUT2D eigenvalue weighted by atomic mass is 10.4. The molecule has 7 heteroatoms. The fraction of sp³-hybridized carbons (Fsp3) is 0.455. The highest BCUT2D eigenvalue weighted by atomic mass is 32.2. The van der Waals surface area contributed by atoms with E-state index in [-0.39, 0.29) is 11.7 Å². The molecule has 0 atom stereocenters. The van der Waals surface area contributed by atoms with E-state index in [0.717, 1.165) is 17.0 Å². The molecule has 0 unspecified atom stereocenters. The van der Waals surface area contributed by atoms with Crippen molar-refractivity contribution in [1.82, 2.24) is 19.6 Å². The van der Waals surface area contributed by atoms with Gasteiger partial charge in [-0.05, 0) is 20.8 Å². The van der Waals surface area contributed by atoms with Crippen LogP contribution in [0.2, 0.25) is 0 Å². The number of hydrogen-bond donors (Lipinski definition) is 0. The maximum absolute atomic E-state index is 11.3. The van der Waals surface area contributed by atoms with Crippen LogP contribution in [-0.4, -0.2) is 37.9 Å². The Morgan fingerprint density at radius 1 is 1.50 bits per heavy atom. The van der Waals surface area contributed by atoms with Crippen LogP contribution < -0.4 is 0 Å². The number of aromatic nitrogens is 4. The third-order valence-electron chi connectivity index (χ3n) is 2.40. The van der Waals surface area contributed by atoms with Gasteiger partial charge in [-0.15, -0.1) is 5.10 Å². The number of imidazole rings is 1. The second-order valence-corrected chi connectivity index (χ2v) is 4.63. The van der Waals surface area contributed by atoms with E-state index in [1.165, 1.54) is 11.8 Å². The first-order chi connectivity index (χ1) is 8.63. The second kappa shape index (κ2) is 5.34. The van der Waals surface area contributed by atoms with E-state index in [9.17, 15) is 4.79 Å². The van der Waals surface area contributed by atoms with E-state index in [1.807, 2.05) is 18.2 Å². The van der Waals surface area contributed by atoms with Gasteiger partial charge in [0.25, 0.3) is 0 Å². The van der Waals surface area contributed by atoms with Crippen molar-refractivity contribution in [3.05, 3.63) is 17.7 Å². The van der Waals surface area contributed by atoms with Crippen LogP contribution in [0, 0.1) is 13.8 Å². The molecule has 0 N–H and O–H groups in total. The first kappa shape index (κ1) is 12.8. The van der Waals surface area contributed by atoms with Crippen molar-refractivity contribution in [3.63, 3.8) is 0 Å². The molecule has 0 saturated heterocycles. The minimum atomic E-state index is -0.254. The van der Waals surface area contributed by atoms with Gasteiger partial charge < -0.3 is 4.74 Å². The zero-order chi connectivity index (χ0) is 13.1. The molecule has 0 aliphatic rings. The molecule has 2 rings (SSSR count). The van der Waals surface area contributed by atoms with Gasteiger partial charge in [-0.3, -0.25) is 9.20 Å². The second-order valence-electron chi connectivity index (χ2n) is 3.69. The molecule has 2 aromatic rings. The molecule has 0 aliphatic carbocycles. The fourth-order valence-electron chi connectivity index (χ4n) is 1.68. The van der Waals surface area contributed by atoms with E-state index < -0.39 is 0 Å². The minimum absolute atomic E-state index is 0.221. The number of esters is 1. The van der Waals surface area contributed by atoms with Gasteiger partial charge in [0.15, 0.2) is 5.16 Å². The smallest absolute Gasteiger partial charge is 0.316 e. The lowest BCUT2D eigenvalue weighted by molar-refractivity contribution is -0.139. The van der Waals surface area contributed by atoms with Crippen LogP contribution in [-0.2, 0) is 9.53 Å². The highest BCUT2D eigenvalue weighted by Crippen LogP contribution is 2.20. The summed E-state index contributed by atoms with van der Waals surface area (Å²) in [6.07, 6.45) is 1.67. The quantitative estimate of drug-likeness (QED) is 0.615. The molecule has 0 saturated carbocycles. The Balaban J connectivity index is 2.26. The van der Waals surface area contributed by atoms with E-state index in [4.69, 9.17) is 4.74 Å². The average molecular weight is 266 g/mol. The lowest BCUT2D eigenvalue weighted by Gasteiger charge is -2.04. The Morgan fingerprint density at radius 2 is 2.28 bits per heavy atom. The molecule has 2 aromatic heterocycles. The number of nitrogens with zero attached hydrogens (tertiary/aromatic N) is 4. The summed E-state index contributed by atoms with van der Waals surface area (Å²) in [6.45, 7) is 5.99. The zero-order valence-corrected chi connectivity index (χ0v) is 11.3. The van der Waals surface area contributed by atoms with Gasteiger partial charge in [0.05, 0.1) is 29.8 Å². The van der Waals surface area contributed by atoms with Crippen LogP contribution in [0.15, 0.2) is 11.4 Å². The molecular weight excluding hydrogens is 252 g/mol. The van der Waals surface area contributed by atoms with Crippen LogP contribution in [0.4, 0.5) is 0 Å². The lowest BCUT2D eigenvalue weighted by Crippen LogP contribution is -2.08. The Bertz CT molecular complexity index is 582. The van der Waals surface area contributed by atoms with Crippen molar-refractivity contribution in [1.29, 1.82) is 0 Å². The number of fused-ring (bicyclic) bond motifs is 1. The van der Waals surface area contributed by atoms with Gasteiger partial charge in [0.2, 0.25) is 0 Å². The van der Waals surface area contributed by atoms with E-state index >= 15 is 0 Å². The topological polar surface area (TPSA) is 69.4 Å². The highest BCUT2D eigenvalue weighted by molar-refractivity contribution is 7.99. The first-order valence-electron chi connectivity index (χ1n) is 5.59. The monoisotopic (exact) mass is 266 g/mol. The fourth-order valence-corrected chi connectivity index (χ4v) is 2.47. The van der Waals surface area contributed by atoms with Crippen molar-refractivity contribution in [2.75, 3.05) is 12.4 Å². The molecule has 0 spiro atoms. The number of carbonyl (C=O) groups is 1. The third kappa shape index (κ3) is 2.45. The minimum Gasteiger partial charge on any atom is -0.465 e. The standard InChI is InChI=1S/C11H14N4O2S/c1-4-17-10(16)6-18-11-14-12-5-9-7(2)13-8(3)15(9)11/h5H,4,6H2,1-3H3. The van der Waals surface area contributed by atoms with Gasteiger partial charge in [-0.1, -0.05) is 11.8 Å². The van der Waals surface area contributed by atoms with Gasteiger partial charge in [-0.25, -0.2) is 4.98 Å². The van der Waals surface area contributed by atoms with Gasteiger partial charge in [-0.2, -0.15) is 5.10 Å². The Hall–Kier alpha value is -1.63. The summed E-state index contributed by atoms with van der Waals surface area (Å²) in [4.78, 5) is 15.7. The molecule has 2 heterocycles. The van der Waals surface area contributed by atoms with Crippen LogP contribution in [0.25, 0.3) is 5.52 Å². The summed E-state index contributed by atoms with van der Waals surface area (Å²) < 4.78 is 6.77. The van der Waals surface area contributed by atoms with Gasteiger partial charge in [0, 0.05) is 0 Å². The summed E-state index contributed by atoms with van der Waals surface area (Å²) >= 11 is 1.30. The summed E-state index contributed by atoms with van der Waals surface area (Å²) in [5, 5.41) is 8.62. The van der Waals surface area contributed by atoms with Crippen LogP contribution in [0.1, 0.15) is 18.4 Å². The predicted molar refractivity (Wildman–Crippen MR) is 67.6 cm³/mol. The van der Waals surface area contributed by atoms with Gasteiger partial charge in [0.1, 0.15) is 5.82 Å². The normalized spacial score (nSPS) is 10.8. The maximum Gasteiger partial charge on any atom is 0.316 e. The van der Waals surface area contributed by atoms with Crippen molar-refractivity contribution in [2.24, 2.45) is 0 Å². The molecule has 0 fully saturated rings. The summed E-state index contributed by atoms with van der Waals surface area (Å²) in [6, 6.07) is 0. The van der Waals surface area contributed by atoms with E-state index in [2.05, 4.69) is 15.2 Å². The SMILES string of the molecule is CCOC(=O)CSc1nncc2c(C)nc(C)n12. The molecule has 0 amide bonds. The molecule has 0 aromatic carbocycles. The van der Waals surface area contributed by atoms with E-state index in [1.54, 1.807) is 13.1 Å². The Labute approximate surface area is 109 Å². The van der Waals surface area contributed by atoms with Crippen molar-refractivity contribution in [3.8, 4) is 0 Å². The van der Waals surface area contributed by atoms with Gasteiger partial charge >= 0.3 is 5.97 Å². The van der Waals surface area contributed by atoms with Crippen LogP contribution in [0.3, 0.4) is 0 Å². The number of ether oxygens (including phenoxy) is 1. The van der Waals surface area contributed by atoms with Crippen molar-refractivity contribution in [2.45, 2.75) is 25.9 Å². The predicted octanol–water partition coefficient (Wildman–Crippen LogP) is 1.40. The molecule has 0 bridgehead atoms. The van der Waals surface area contributed by atoms with Crippen LogP contribution in [0.5, 0.6) is 0 Å². The van der Waals surface area contributed by atoms with Crippen molar-refractivity contribution >= 4 is 23.2 Å². The molecule has 96 valence electrons. The third-order valence-corrected chi connectivity index (χ3v) is 3.31. The summed E-state index contributed by atoms with van der Waals surface area (Å²) in [5.41, 5.74) is 1.81. The molecule has 0 aliphatic heterocycles. The Morgan fingerprint density at radius 3 is 3.00 bits per heavy atom. The average Bonchev–Trinajstić information content (AvgIpc) is 2.64. The summed E-state index contributed by atoms with van der Waals surface area (Å²) in [5.74, 6) is 0.803. The molecular formula is C11H14N4O2S. The van der Waals surface area contributed by atoms with Crippen molar-refractivity contribution < 1.29 is 9.53 Å². The molecule has 6 nitrogen and oxygen atoms in total. The molecule has 18 heavy (non-hydrogen) atoms. The number of rotatable bonds is 4. The first-order valence-corrected chi connectivity index (χ1v) is 6.57. The number of carbonyl (C=O) groups excluding carboxylic acids is 1. The maximum atomic E-state index is 11.3. The number of aryl methyl sites for hydroxylation is 2. The largest absolute Gasteiger partial charge is 0.465 e. The van der Waals surface area contributed by atoms with E-state index in [0.29, 0.717) is 11.8 Å². The number of thioether (sulfide) groups is 1. The Kier molecular flexibility index (Phi) is 3.81. The highest BCUT2D eigenvalue weighted by Gasteiger charge is 2.12. The summed E-state index contributed by atoms with van der Waals surface area (Å²) in [7, 11) is 0. The molecule has 0 radical (unpaired) electrons.